The molecule has 0 atom stereocenters. The molecule has 6 heteroatoms. The fraction of sp³-hybridized carbons (Fsp3) is 0.286. The van der Waals surface area contributed by atoms with Gasteiger partial charge in [-0.05, 0) is 31.8 Å². The lowest BCUT2D eigenvalue weighted by atomic mass is 10.2. The van der Waals surface area contributed by atoms with Gasteiger partial charge in [0.15, 0.2) is 5.82 Å². The number of nitrogens with one attached hydrogen (secondary N) is 1. The lowest BCUT2D eigenvalue weighted by Crippen LogP contribution is -2.17. The largest absolute Gasteiger partial charge is 0.382 e. The number of nitrogen functional groups attached to an aromatic ring is 1. The predicted molar refractivity (Wildman–Crippen MR) is 82.8 cm³/mol. The zero-order chi connectivity index (χ0) is 14.3. The summed E-state index contributed by atoms with van der Waals surface area (Å²) in [4.78, 5) is 14.4. The maximum absolute atomic E-state index is 6.00. The molecule has 5 nitrogen and oxygen atoms in total. The molecule has 0 saturated heterocycles. The maximum Gasteiger partial charge on any atom is 0.152 e. The summed E-state index contributed by atoms with van der Waals surface area (Å²) >= 11 is 6.00. The molecule has 0 aliphatic rings. The van der Waals surface area contributed by atoms with Crippen molar-refractivity contribution in [2.45, 2.75) is 13.5 Å². The van der Waals surface area contributed by atoms with E-state index in [2.05, 4.69) is 26.8 Å². The number of nitrogens with zero attached hydrogens (tertiary/aromatic N) is 3. The first kappa shape index (κ1) is 13.1. The van der Waals surface area contributed by atoms with Crippen LogP contribution < -0.4 is 5.73 Å². The van der Waals surface area contributed by atoms with Gasteiger partial charge in [-0.2, -0.15) is 0 Å². The Bertz CT molecular complexity index is 780. The summed E-state index contributed by atoms with van der Waals surface area (Å²) in [5, 5.41) is 1.63. The van der Waals surface area contributed by atoms with Gasteiger partial charge < -0.3 is 10.7 Å². The van der Waals surface area contributed by atoms with Crippen LogP contribution in [0.25, 0.3) is 21.9 Å². The highest BCUT2D eigenvalue weighted by molar-refractivity contribution is 6.31. The molecule has 0 aliphatic heterocycles. The van der Waals surface area contributed by atoms with Gasteiger partial charge in [0.1, 0.15) is 11.3 Å². The second-order valence-electron chi connectivity index (χ2n) is 4.90. The number of pyridine rings is 1. The summed E-state index contributed by atoms with van der Waals surface area (Å²) in [5.74, 6) is 1.32. The Balaban J connectivity index is 2.21. The number of rotatable bonds is 3. The Morgan fingerprint density at radius 3 is 2.90 bits per heavy atom. The molecule has 0 aliphatic carbocycles. The molecule has 1 aromatic carbocycles. The van der Waals surface area contributed by atoms with Gasteiger partial charge in [0.2, 0.25) is 0 Å². The molecule has 0 unspecified atom stereocenters. The summed E-state index contributed by atoms with van der Waals surface area (Å²) in [6.07, 6.45) is 0. The van der Waals surface area contributed by atoms with E-state index in [9.17, 15) is 0 Å². The Labute approximate surface area is 121 Å². The zero-order valence-corrected chi connectivity index (χ0v) is 12.2. The van der Waals surface area contributed by atoms with Crippen LogP contribution >= 0.6 is 11.6 Å². The molecule has 0 bridgehead atoms. The summed E-state index contributed by atoms with van der Waals surface area (Å²) in [5.41, 5.74) is 8.42. The van der Waals surface area contributed by atoms with Crippen LogP contribution in [0, 0.1) is 0 Å². The molecule has 2 aromatic heterocycles. The molecule has 3 rings (SSSR count). The van der Waals surface area contributed by atoms with Crippen LogP contribution in [0.4, 0.5) is 5.82 Å². The predicted octanol–water partition coefficient (Wildman–Crippen LogP) is 2.80. The van der Waals surface area contributed by atoms with Crippen molar-refractivity contribution in [1.82, 2.24) is 19.9 Å². The van der Waals surface area contributed by atoms with Crippen LogP contribution in [-0.2, 0) is 6.54 Å². The van der Waals surface area contributed by atoms with Crippen LogP contribution in [0.2, 0.25) is 5.02 Å². The second-order valence-corrected chi connectivity index (χ2v) is 5.33. The lowest BCUT2D eigenvalue weighted by Gasteiger charge is -2.10. The minimum Gasteiger partial charge on any atom is -0.382 e. The summed E-state index contributed by atoms with van der Waals surface area (Å²) in [6.45, 7) is 3.82. The zero-order valence-electron chi connectivity index (χ0n) is 11.4. The number of aromatic nitrogens is 3. The third kappa shape index (κ3) is 2.19. The molecule has 104 valence electrons. The van der Waals surface area contributed by atoms with Crippen molar-refractivity contribution < 1.29 is 0 Å². The fourth-order valence-corrected chi connectivity index (χ4v) is 2.40. The summed E-state index contributed by atoms with van der Waals surface area (Å²) < 4.78 is 0. The minimum atomic E-state index is 0.427. The maximum atomic E-state index is 6.00. The van der Waals surface area contributed by atoms with Crippen molar-refractivity contribution in [1.29, 1.82) is 0 Å². The summed E-state index contributed by atoms with van der Waals surface area (Å²) in [6, 6.07) is 5.60. The van der Waals surface area contributed by atoms with Gasteiger partial charge in [-0.15, -0.1) is 0 Å². The van der Waals surface area contributed by atoms with E-state index in [1.54, 1.807) is 0 Å². The third-order valence-electron chi connectivity index (χ3n) is 3.43. The van der Waals surface area contributed by atoms with E-state index >= 15 is 0 Å². The van der Waals surface area contributed by atoms with Crippen molar-refractivity contribution >= 4 is 39.4 Å². The van der Waals surface area contributed by atoms with E-state index in [1.807, 2.05) is 25.2 Å². The van der Waals surface area contributed by atoms with Crippen LogP contribution in [0.3, 0.4) is 0 Å². The first-order valence-electron chi connectivity index (χ1n) is 6.50. The average molecular weight is 290 g/mol. The molecular formula is C14H16ClN5. The first-order valence-corrected chi connectivity index (χ1v) is 6.88. The monoisotopic (exact) mass is 289 g/mol. The van der Waals surface area contributed by atoms with Crippen molar-refractivity contribution in [3.05, 3.63) is 29.0 Å². The number of benzene rings is 1. The lowest BCUT2D eigenvalue weighted by molar-refractivity contribution is 0.338. The van der Waals surface area contributed by atoms with Gasteiger partial charge in [0, 0.05) is 10.4 Å². The highest BCUT2D eigenvalue weighted by Crippen LogP contribution is 2.28. The van der Waals surface area contributed by atoms with Gasteiger partial charge in [0.05, 0.1) is 17.6 Å². The number of anilines is 1. The summed E-state index contributed by atoms with van der Waals surface area (Å²) in [7, 11) is 2.05. The molecule has 0 amide bonds. The molecular weight excluding hydrogens is 274 g/mol. The van der Waals surface area contributed by atoms with E-state index in [0.717, 1.165) is 40.9 Å². The van der Waals surface area contributed by atoms with Crippen LogP contribution in [0.15, 0.2) is 18.2 Å². The van der Waals surface area contributed by atoms with Crippen molar-refractivity contribution in [3.8, 4) is 0 Å². The SMILES string of the molecule is CCN(C)Cc1nc2c(N)nc3cc(Cl)ccc3c2[nH]1. The topological polar surface area (TPSA) is 70.8 Å². The minimum absolute atomic E-state index is 0.427. The van der Waals surface area contributed by atoms with Crippen molar-refractivity contribution in [3.63, 3.8) is 0 Å². The smallest absolute Gasteiger partial charge is 0.152 e. The van der Waals surface area contributed by atoms with E-state index in [0.29, 0.717) is 10.8 Å². The molecule has 0 radical (unpaired) electrons. The number of nitrogens with two attached hydrogens (primary N) is 1. The Kier molecular flexibility index (Phi) is 3.23. The number of hydrogen-bond acceptors (Lipinski definition) is 4. The average Bonchev–Trinajstić information content (AvgIpc) is 2.82. The third-order valence-corrected chi connectivity index (χ3v) is 3.66. The molecule has 2 heterocycles. The van der Waals surface area contributed by atoms with Gasteiger partial charge in [-0.25, -0.2) is 9.97 Å². The van der Waals surface area contributed by atoms with Crippen LogP contribution in [0.5, 0.6) is 0 Å². The van der Waals surface area contributed by atoms with E-state index in [-0.39, 0.29) is 0 Å². The number of halogens is 1. The van der Waals surface area contributed by atoms with E-state index < -0.39 is 0 Å². The normalized spacial score (nSPS) is 11.8. The standard InChI is InChI=1S/C14H16ClN5/c1-3-20(2)7-11-18-12-9-5-4-8(15)6-10(9)17-14(16)13(12)19-11/h4-6H,3,7H2,1-2H3,(H2,16,17)(H,18,19). The number of aromatic amines is 1. The molecule has 3 aromatic rings. The first-order chi connectivity index (χ1) is 9.58. The van der Waals surface area contributed by atoms with Gasteiger partial charge in [-0.3, -0.25) is 4.90 Å². The van der Waals surface area contributed by atoms with Crippen LogP contribution in [-0.4, -0.2) is 33.4 Å². The number of hydrogen-bond donors (Lipinski definition) is 2. The Morgan fingerprint density at radius 2 is 2.15 bits per heavy atom. The Hall–Kier alpha value is -1.85. The molecule has 0 spiro atoms. The van der Waals surface area contributed by atoms with E-state index in [1.165, 1.54) is 0 Å². The van der Waals surface area contributed by atoms with Gasteiger partial charge in [-0.1, -0.05) is 18.5 Å². The number of imidazole rings is 1. The van der Waals surface area contributed by atoms with E-state index in [4.69, 9.17) is 17.3 Å². The quantitative estimate of drug-likeness (QED) is 0.778. The highest BCUT2D eigenvalue weighted by Gasteiger charge is 2.12. The van der Waals surface area contributed by atoms with Crippen LogP contribution in [0.1, 0.15) is 12.7 Å². The number of H-pyrrole nitrogens is 1. The Morgan fingerprint density at radius 1 is 1.35 bits per heavy atom. The second kappa shape index (κ2) is 4.92. The fourth-order valence-electron chi connectivity index (χ4n) is 2.24. The molecule has 0 fully saturated rings. The number of fused-ring (bicyclic) bond motifs is 3. The van der Waals surface area contributed by atoms with Crippen molar-refractivity contribution in [2.24, 2.45) is 0 Å². The molecule has 0 saturated carbocycles. The van der Waals surface area contributed by atoms with Crippen molar-refractivity contribution in [2.75, 3.05) is 19.3 Å². The van der Waals surface area contributed by atoms with Gasteiger partial charge in [0.25, 0.3) is 0 Å². The molecule has 3 N–H and O–H groups in total. The molecule has 20 heavy (non-hydrogen) atoms. The highest BCUT2D eigenvalue weighted by atomic mass is 35.5. The van der Waals surface area contributed by atoms with Gasteiger partial charge >= 0.3 is 0 Å².